The first-order valence-electron chi connectivity index (χ1n) is 7.41. The van der Waals surface area contributed by atoms with E-state index in [-0.39, 0.29) is 6.61 Å². The molecule has 2 aromatic carbocycles. The molecule has 0 radical (unpaired) electrons. The molecule has 0 aliphatic heterocycles. The molecule has 0 saturated carbocycles. The lowest BCUT2D eigenvalue weighted by molar-refractivity contribution is 0.0931. The number of ether oxygens (including phenoxy) is 1. The van der Waals surface area contributed by atoms with Crippen LogP contribution in [0.4, 0.5) is 0 Å². The summed E-state index contributed by atoms with van der Waals surface area (Å²) >= 11 is 0. The zero-order chi connectivity index (χ0) is 15.5. The summed E-state index contributed by atoms with van der Waals surface area (Å²) < 4.78 is 7.71. The highest BCUT2D eigenvalue weighted by Crippen LogP contribution is 2.19. The number of aryl methyl sites for hydroxylation is 2. The average Bonchev–Trinajstić information content (AvgIpc) is 2.91. The second-order valence-electron chi connectivity index (χ2n) is 5.62. The minimum Gasteiger partial charge on any atom is -0.491 e. The lowest BCUT2D eigenvalue weighted by Gasteiger charge is -2.15. The number of hydrogen-bond donors (Lipinski definition) is 1. The van der Waals surface area contributed by atoms with Crippen molar-refractivity contribution < 1.29 is 9.84 Å². The molecule has 4 heteroatoms. The van der Waals surface area contributed by atoms with Crippen molar-refractivity contribution in [2.75, 3.05) is 6.61 Å². The Bertz CT molecular complexity index is 780. The minimum atomic E-state index is -0.586. The first kappa shape index (κ1) is 14.6. The number of fused-ring (bicyclic) bond motifs is 1. The van der Waals surface area contributed by atoms with Gasteiger partial charge in [-0.3, -0.25) is 0 Å². The fourth-order valence-corrected chi connectivity index (χ4v) is 2.48. The van der Waals surface area contributed by atoms with Crippen molar-refractivity contribution in [3.05, 3.63) is 59.9 Å². The Morgan fingerprint density at radius 3 is 2.86 bits per heavy atom. The van der Waals surface area contributed by atoms with Crippen molar-refractivity contribution in [1.82, 2.24) is 9.55 Å². The summed E-state index contributed by atoms with van der Waals surface area (Å²) in [7, 11) is 0. The molecule has 4 nitrogen and oxygen atoms in total. The molecule has 0 aliphatic rings. The van der Waals surface area contributed by atoms with Gasteiger partial charge in [0.15, 0.2) is 0 Å². The van der Waals surface area contributed by atoms with Gasteiger partial charge >= 0.3 is 0 Å². The predicted octanol–water partition coefficient (Wildman–Crippen LogP) is 3.09. The van der Waals surface area contributed by atoms with E-state index in [0.29, 0.717) is 6.54 Å². The second-order valence-corrected chi connectivity index (χ2v) is 5.62. The van der Waals surface area contributed by atoms with Crippen LogP contribution in [0.5, 0.6) is 5.75 Å². The maximum Gasteiger partial charge on any atom is 0.122 e. The largest absolute Gasteiger partial charge is 0.491 e. The van der Waals surface area contributed by atoms with E-state index in [0.717, 1.165) is 27.9 Å². The van der Waals surface area contributed by atoms with E-state index in [9.17, 15) is 5.11 Å². The third-order valence-corrected chi connectivity index (χ3v) is 3.71. The number of aromatic nitrogens is 2. The maximum absolute atomic E-state index is 10.2. The summed E-state index contributed by atoms with van der Waals surface area (Å²) in [4.78, 5) is 4.33. The molecule has 0 saturated heterocycles. The van der Waals surface area contributed by atoms with Gasteiger partial charge in [0.05, 0.1) is 23.9 Å². The number of imidazole rings is 1. The van der Waals surface area contributed by atoms with Crippen LogP contribution in [-0.4, -0.2) is 27.4 Å². The van der Waals surface area contributed by atoms with Gasteiger partial charge in [0.1, 0.15) is 18.5 Å². The molecule has 3 rings (SSSR count). The van der Waals surface area contributed by atoms with Gasteiger partial charge in [0.25, 0.3) is 0 Å². The van der Waals surface area contributed by atoms with Crippen LogP contribution in [-0.2, 0) is 6.54 Å². The molecule has 3 aromatic rings. The van der Waals surface area contributed by atoms with Gasteiger partial charge in [-0.25, -0.2) is 4.98 Å². The molecule has 1 heterocycles. The van der Waals surface area contributed by atoms with Crippen molar-refractivity contribution in [3.8, 4) is 5.75 Å². The van der Waals surface area contributed by atoms with E-state index >= 15 is 0 Å². The van der Waals surface area contributed by atoms with Gasteiger partial charge in [0.2, 0.25) is 0 Å². The van der Waals surface area contributed by atoms with E-state index in [1.165, 1.54) is 0 Å². The number of rotatable bonds is 5. The molecule has 1 N–H and O–H groups in total. The van der Waals surface area contributed by atoms with Crippen molar-refractivity contribution in [1.29, 1.82) is 0 Å². The quantitative estimate of drug-likeness (QED) is 0.787. The minimum absolute atomic E-state index is 0.261. The summed E-state index contributed by atoms with van der Waals surface area (Å²) in [6.45, 7) is 4.76. The van der Waals surface area contributed by atoms with E-state index < -0.39 is 6.10 Å². The first-order chi connectivity index (χ1) is 10.6. The number of hydrogen-bond acceptors (Lipinski definition) is 3. The van der Waals surface area contributed by atoms with E-state index in [2.05, 4.69) is 11.1 Å². The maximum atomic E-state index is 10.2. The Morgan fingerprint density at radius 2 is 2.00 bits per heavy atom. The second kappa shape index (κ2) is 6.20. The average molecular weight is 296 g/mol. The van der Waals surface area contributed by atoms with Gasteiger partial charge in [-0.2, -0.15) is 0 Å². The van der Waals surface area contributed by atoms with Crippen molar-refractivity contribution in [2.24, 2.45) is 0 Å². The Balaban J connectivity index is 1.65. The Kier molecular flexibility index (Phi) is 4.11. The summed E-state index contributed by atoms with van der Waals surface area (Å²) in [5.41, 5.74) is 4.18. The fraction of sp³-hybridized carbons (Fsp3) is 0.278. The van der Waals surface area contributed by atoms with Crippen LogP contribution in [0.1, 0.15) is 11.1 Å². The molecule has 0 fully saturated rings. The Morgan fingerprint density at radius 1 is 1.18 bits per heavy atom. The van der Waals surface area contributed by atoms with Gasteiger partial charge < -0.3 is 14.4 Å². The fourth-order valence-electron chi connectivity index (χ4n) is 2.48. The van der Waals surface area contributed by atoms with Crippen LogP contribution in [0.2, 0.25) is 0 Å². The molecule has 0 aliphatic carbocycles. The summed E-state index contributed by atoms with van der Waals surface area (Å²) in [6, 6.07) is 14.0. The number of aliphatic hydroxyl groups is 1. The topological polar surface area (TPSA) is 47.3 Å². The van der Waals surface area contributed by atoms with Crippen LogP contribution >= 0.6 is 0 Å². The summed E-state index contributed by atoms with van der Waals surface area (Å²) in [5, 5.41) is 10.2. The van der Waals surface area contributed by atoms with Crippen molar-refractivity contribution in [2.45, 2.75) is 26.5 Å². The van der Waals surface area contributed by atoms with Gasteiger partial charge in [0, 0.05) is 0 Å². The zero-order valence-electron chi connectivity index (χ0n) is 12.9. The monoisotopic (exact) mass is 296 g/mol. The standard InChI is InChI=1S/C18H20N2O2/c1-13-7-8-14(2)18(9-13)22-11-15(21)10-20-12-19-16-5-3-4-6-17(16)20/h3-9,12,15,21H,10-11H2,1-2H3/t15-/m0/s1. The molecular formula is C18H20N2O2. The molecule has 114 valence electrons. The van der Waals surface area contributed by atoms with Crippen LogP contribution in [0.3, 0.4) is 0 Å². The van der Waals surface area contributed by atoms with E-state index in [1.807, 2.05) is 54.8 Å². The first-order valence-corrected chi connectivity index (χ1v) is 7.41. The number of nitrogens with zero attached hydrogens (tertiary/aromatic N) is 2. The van der Waals surface area contributed by atoms with E-state index in [4.69, 9.17) is 4.74 Å². The molecular weight excluding hydrogens is 276 g/mol. The van der Waals surface area contributed by atoms with Crippen molar-refractivity contribution in [3.63, 3.8) is 0 Å². The van der Waals surface area contributed by atoms with Crippen LogP contribution in [0.25, 0.3) is 11.0 Å². The van der Waals surface area contributed by atoms with Crippen LogP contribution in [0, 0.1) is 13.8 Å². The third-order valence-electron chi connectivity index (χ3n) is 3.71. The molecule has 22 heavy (non-hydrogen) atoms. The Labute approximate surface area is 130 Å². The SMILES string of the molecule is Cc1ccc(C)c(OC[C@@H](O)Cn2cnc3ccccc32)c1. The lowest BCUT2D eigenvalue weighted by atomic mass is 10.1. The molecule has 0 bridgehead atoms. The normalized spacial score (nSPS) is 12.5. The third kappa shape index (κ3) is 3.12. The predicted molar refractivity (Wildman–Crippen MR) is 87.2 cm³/mol. The highest BCUT2D eigenvalue weighted by molar-refractivity contribution is 5.74. The smallest absolute Gasteiger partial charge is 0.122 e. The van der Waals surface area contributed by atoms with Crippen LogP contribution in [0.15, 0.2) is 48.8 Å². The highest BCUT2D eigenvalue weighted by atomic mass is 16.5. The molecule has 0 spiro atoms. The van der Waals surface area contributed by atoms with Gasteiger partial charge in [-0.05, 0) is 43.2 Å². The number of benzene rings is 2. The molecule has 0 amide bonds. The Hall–Kier alpha value is -2.33. The number of aliphatic hydroxyl groups excluding tert-OH is 1. The van der Waals surface area contributed by atoms with Gasteiger partial charge in [-0.15, -0.1) is 0 Å². The molecule has 0 unspecified atom stereocenters. The van der Waals surface area contributed by atoms with Gasteiger partial charge in [-0.1, -0.05) is 24.3 Å². The summed E-state index contributed by atoms with van der Waals surface area (Å²) in [5.74, 6) is 0.828. The van der Waals surface area contributed by atoms with Crippen molar-refractivity contribution >= 4 is 11.0 Å². The summed E-state index contributed by atoms with van der Waals surface area (Å²) in [6.07, 6.45) is 1.17. The number of para-hydroxylation sites is 2. The van der Waals surface area contributed by atoms with E-state index in [1.54, 1.807) is 6.33 Å². The van der Waals surface area contributed by atoms with Crippen LogP contribution < -0.4 is 4.74 Å². The molecule has 1 atom stereocenters. The lowest BCUT2D eigenvalue weighted by Crippen LogP contribution is -2.23. The highest BCUT2D eigenvalue weighted by Gasteiger charge is 2.10. The molecule has 1 aromatic heterocycles. The zero-order valence-corrected chi connectivity index (χ0v) is 12.9.